The maximum atomic E-state index is 12.6. The van der Waals surface area contributed by atoms with Gasteiger partial charge in [-0.3, -0.25) is 4.79 Å². The van der Waals surface area contributed by atoms with Crippen LogP contribution in [0.4, 0.5) is 0 Å². The van der Waals surface area contributed by atoms with E-state index < -0.39 is 0 Å². The molecule has 0 aliphatic heterocycles. The van der Waals surface area contributed by atoms with Crippen LogP contribution in [-0.4, -0.2) is 21.2 Å². The fraction of sp³-hybridized carbons (Fsp3) is 0.316. The number of ether oxygens (including phenoxy) is 1. The van der Waals surface area contributed by atoms with E-state index in [1.807, 2.05) is 31.2 Å². The van der Waals surface area contributed by atoms with Crippen molar-refractivity contribution < 1.29 is 4.74 Å². The molecule has 1 atom stereocenters. The highest BCUT2D eigenvalue weighted by Crippen LogP contribution is 2.21. The van der Waals surface area contributed by atoms with E-state index in [4.69, 9.17) is 4.74 Å². The van der Waals surface area contributed by atoms with Crippen molar-refractivity contribution in [1.29, 1.82) is 0 Å². The van der Waals surface area contributed by atoms with E-state index in [0.717, 1.165) is 35.1 Å². The maximum absolute atomic E-state index is 12.6. The van der Waals surface area contributed by atoms with Crippen molar-refractivity contribution >= 4 is 22.4 Å². The second-order valence-electron chi connectivity index (χ2n) is 6.07. The molecule has 25 heavy (non-hydrogen) atoms. The minimum Gasteiger partial charge on any atom is -0.494 e. The summed E-state index contributed by atoms with van der Waals surface area (Å²) < 4.78 is 7.61. The van der Waals surface area contributed by atoms with Crippen LogP contribution in [0.25, 0.3) is 22.4 Å². The molecular weight excluding hydrogens is 334 g/mol. The van der Waals surface area contributed by atoms with Gasteiger partial charge in [-0.15, -0.1) is 5.10 Å². The molecule has 3 aromatic rings. The minimum atomic E-state index is -0.0701. The van der Waals surface area contributed by atoms with Crippen LogP contribution in [0, 0.1) is 5.92 Å². The smallest absolute Gasteiger partial charge is 0.290 e. The Morgan fingerprint density at radius 3 is 2.84 bits per heavy atom. The molecule has 0 bridgehead atoms. The van der Waals surface area contributed by atoms with Crippen LogP contribution >= 0.6 is 11.3 Å². The Labute approximate surface area is 149 Å². The SMILES string of the molecule is CCOc1ccc(-c2nc3s/c(=C\C4CC=CCC4)c(=O)n3n2)cc1. The normalized spacial score (nSPS) is 18.1. The lowest BCUT2D eigenvalue weighted by molar-refractivity contribution is 0.340. The van der Waals surface area contributed by atoms with Crippen molar-refractivity contribution in [1.82, 2.24) is 14.6 Å². The van der Waals surface area contributed by atoms with Gasteiger partial charge in [0.1, 0.15) is 5.75 Å². The molecule has 0 N–H and O–H groups in total. The summed E-state index contributed by atoms with van der Waals surface area (Å²) in [6.07, 6.45) is 9.66. The van der Waals surface area contributed by atoms with Gasteiger partial charge in [-0.05, 0) is 56.4 Å². The number of hydrogen-bond acceptors (Lipinski definition) is 5. The lowest BCUT2D eigenvalue weighted by atomic mass is 9.94. The summed E-state index contributed by atoms with van der Waals surface area (Å²) in [4.78, 5) is 17.8. The summed E-state index contributed by atoms with van der Waals surface area (Å²) in [5.41, 5.74) is 0.806. The molecule has 1 aliphatic rings. The lowest BCUT2D eigenvalue weighted by Crippen LogP contribution is -2.25. The second kappa shape index (κ2) is 6.80. The van der Waals surface area contributed by atoms with Crippen molar-refractivity contribution in [3.05, 3.63) is 51.3 Å². The molecule has 1 aromatic carbocycles. The molecule has 4 rings (SSSR count). The van der Waals surface area contributed by atoms with Crippen LogP contribution in [-0.2, 0) is 0 Å². The zero-order valence-corrected chi connectivity index (χ0v) is 14.8. The highest BCUT2D eigenvalue weighted by molar-refractivity contribution is 7.15. The molecule has 0 saturated carbocycles. The highest BCUT2D eigenvalue weighted by Gasteiger charge is 2.14. The number of aromatic nitrogens is 3. The van der Waals surface area contributed by atoms with E-state index in [9.17, 15) is 4.79 Å². The van der Waals surface area contributed by atoms with Crippen LogP contribution in [0.3, 0.4) is 0 Å². The molecule has 0 amide bonds. The van der Waals surface area contributed by atoms with Gasteiger partial charge in [-0.1, -0.05) is 29.6 Å². The van der Waals surface area contributed by atoms with E-state index in [2.05, 4.69) is 28.3 Å². The monoisotopic (exact) mass is 353 g/mol. The van der Waals surface area contributed by atoms with Crippen molar-refractivity contribution in [3.63, 3.8) is 0 Å². The van der Waals surface area contributed by atoms with E-state index in [0.29, 0.717) is 23.3 Å². The van der Waals surface area contributed by atoms with E-state index in [-0.39, 0.29) is 5.56 Å². The number of fused-ring (bicyclic) bond motifs is 1. The van der Waals surface area contributed by atoms with Crippen molar-refractivity contribution in [3.8, 4) is 17.1 Å². The quantitative estimate of drug-likeness (QED) is 0.677. The first-order valence-electron chi connectivity index (χ1n) is 8.54. The molecule has 128 valence electrons. The summed E-state index contributed by atoms with van der Waals surface area (Å²) in [7, 11) is 0. The van der Waals surface area contributed by atoms with Gasteiger partial charge in [0.25, 0.3) is 5.56 Å². The molecule has 1 aliphatic carbocycles. The fourth-order valence-corrected chi connectivity index (χ4v) is 3.99. The first-order chi connectivity index (χ1) is 12.2. The maximum Gasteiger partial charge on any atom is 0.290 e. The molecule has 5 nitrogen and oxygen atoms in total. The van der Waals surface area contributed by atoms with Crippen LogP contribution in [0.15, 0.2) is 41.2 Å². The molecule has 0 radical (unpaired) electrons. The molecule has 6 heteroatoms. The summed E-state index contributed by atoms with van der Waals surface area (Å²) in [6.45, 7) is 2.58. The van der Waals surface area contributed by atoms with Gasteiger partial charge in [0.05, 0.1) is 11.1 Å². The van der Waals surface area contributed by atoms with Crippen LogP contribution in [0.5, 0.6) is 5.75 Å². The average Bonchev–Trinajstić information content (AvgIpc) is 3.17. The molecule has 2 heterocycles. The molecule has 0 fully saturated rings. The Hall–Kier alpha value is -2.47. The summed E-state index contributed by atoms with van der Waals surface area (Å²) in [5, 5.41) is 4.40. The van der Waals surface area contributed by atoms with Gasteiger partial charge in [0, 0.05) is 5.56 Å². The van der Waals surface area contributed by atoms with Crippen LogP contribution < -0.4 is 14.8 Å². The first kappa shape index (κ1) is 16.0. The molecule has 0 saturated heterocycles. The topological polar surface area (TPSA) is 56.5 Å². The van der Waals surface area contributed by atoms with Crippen molar-refractivity contribution in [2.75, 3.05) is 6.61 Å². The predicted molar refractivity (Wildman–Crippen MR) is 99.9 cm³/mol. The zero-order valence-electron chi connectivity index (χ0n) is 14.0. The number of nitrogens with zero attached hydrogens (tertiary/aromatic N) is 3. The van der Waals surface area contributed by atoms with Gasteiger partial charge >= 0.3 is 0 Å². The first-order valence-corrected chi connectivity index (χ1v) is 9.36. The van der Waals surface area contributed by atoms with Gasteiger partial charge < -0.3 is 4.74 Å². The van der Waals surface area contributed by atoms with Gasteiger partial charge in [0.15, 0.2) is 5.82 Å². The Balaban J connectivity index is 1.66. The third kappa shape index (κ3) is 3.22. The second-order valence-corrected chi connectivity index (χ2v) is 7.08. The van der Waals surface area contributed by atoms with Crippen molar-refractivity contribution in [2.45, 2.75) is 26.2 Å². The molecule has 2 aromatic heterocycles. The summed E-state index contributed by atoms with van der Waals surface area (Å²) in [5.74, 6) is 1.82. The zero-order chi connectivity index (χ0) is 17.2. The molecular formula is C19H19N3O2S. The fourth-order valence-electron chi connectivity index (χ4n) is 3.02. The lowest BCUT2D eigenvalue weighted by Gasteiger charge is -2.11. The molecule has 0 spiro atoms. The summed E-state index contributed by atoms with van der Waals surface area (Å²) >= 11 is 1.42. The predicted octanol–water partition coefficient (Wildman–Crippen LogP) is 3.07. The number of allylic oxidation sites excluding steroid dienone is 2. The third-order valence-electron chi connectivity index (χ3n) is 4.30. The Morgan fingerprint density at radius 2 is 2.16 bits per heavy atom. The van der Waals surface area contributed by atoms with Gasteiger partial charge in [-0.25, -0.2) is 0 Å². The van der Waals surface area contributed by atoms with Gasteiger partial charge in [0.2, 0.25) is 4.96 Å². The van der Waals surface area contributed by atoms with Crippen LogP contribution in [0.2, 0.25) is 0 Å². The van der Waals surface area contributed by atoms with Crippen molar-refractivity contribution in [2.24, 2.45) is 5.92 Å². The Morgan fingerprint density at radius 1 is 1.32 bits per heavy atom. The van der Waals surface area contributed by atoms with E-state index >= 15 is 0 Å². The summed E-state index contributed by atoms with van der Waals surface area (Å²) in [6, 6.07) is 7.61. The average molecular weight is 353 g/mol. The van der Waals surface area contributed by atoms with Crippen LogP contribution in [0.1, 0.15) is 26.2 Å². The third-order valence-corrected chi connectivity index (χ3v) is 5.28. The van der Waals surface area contributed by atoms with E-state index in [1.54, 1.807) is 0 Å². The number of rotatable bonds is 4. The number of benzene rings is 1. The number of hydrogen-bond donors (Lipinski definition) is 0. The Kier molecular flexibility index (Phi) is 4.36. The minimum absolute atomic E-state index is 0.0701. The van der Waals surface area contributed by atoms with Gasteiger partial charge in [-0.2, -0.15) is 9.50 Å². The van der Waals surface area contributed by atoms with E-state index in [1.165, 1.54) is 15.9 Å². The highest BCUT2D eigenvalue weighted by atomic mass is 32.1. The largest absolute Gasteiger partial charge is 0.494 e. The molecule has 1 unspecified atom stereocenters. The standard InChI is InChI=1S/C19H19N3O2S/c1-2-24-15-10-8-14(9-11-15)17-20-19-22(21-17)18(23)16(25-19)12-13-6-4-3-5-7-13/h3-4,8-13H,2,5-7H2,1H3/b16-12-. The number of thiazole rings is 1. The Bertz CT molecular complexity index is 1020.